The van der Waals surface area contributed by atoms with Gasteiger partial charge in [-0.1, -0.05) is 73.5 Å². The van der Waals surface area contributed by atoms with Crippen molar-refractivity contribution in [3.05, 3.63) is 85.6 Å². The van der Waals surface area contributed by atoms with Gasteiger partial charge in [-0.3, -0.25) is 0 Å². The van der Waals surface area contributed by atoms with Gasteiger partial charge in [0.15, 0.2) is 0 Å². The largest absolute Gasteiger partial charge is 5.00 e. The molecule has 8 bridgehead atoms. The van der Waals surface area contributed by atoms with Gasteiger partial charge in [-0.05, 0) is 68.8 Å². The van der Waals surface area contributed by atoms with Crippen molar-refractivity contribution in [2.75, 3.05) is 0 Å². The van der Waals surface area contributed by atoms with Crippen LogP contribution in [0, 0.1) is 37.5 Å². The fourth-order valence-electron chi connectivity index (χ4n) is 6.65. The number of hydrogen-bond donors (Lipinski definition) is 0. The first-order chi connectivity index (χ1) is 20.0. The number of fused-ring (bicyclic) bond motifs is 8. The van der Waals surface area contributed by atoms with E-state index in [1.54, 1.807) is 0 Å². The number of nitrogens with zero attached hydrogens (tertiary/aromatic N) is 4. The second-order valence-corrected chi connectivity index (χ2v) is 11.7. The molecule has 2 fully saturated rings. The molecule has 5 rings (SSSR count). The first-order valence-corrected chi connectivity index (χ1v) is 14.5. The molecule has 9 nitrogen and oxygen atoms in total. The van der Waals surface area contributed by atoms with Crippen molar-refractivity contribution in [1.29, 1.82) is 0 Å². The summed E-state index contributed by atoms with van der Waals surface area (Å²) in [4.78, 5) is 32.8. The monoisotopic (exact) mass is 638 g/mol. The van der Waals surface area contributed by atoms with E-state index in [4.69, 9.17) is 20.6 Å². The predicted octanol–water partition coefficient (Wildman–Crippen LogP) is 2.17. The molecule has 0 spiro atoms. The SMILES string of the molecule is C=Cc1c2[n-]c(c1C)/C=C1\[N-]C(/C=c3\[n-]/c(c(C)c3CCC(=O)[O-])=C\C3[N-]/C(=C\2)C(C)C3C=C)C(CCC(=O)[O-])C1C.[Fe+5].[H+].[OH-]. The Hall–Kier alpha value is -3.72. The van der Waals surface area contributed by atoms with Crippen LogP contribution < -0.4 is 30.9 Å². The van der Waals surface area contributed by atoms with E-state index in [1.165, 1.54) is 0 Å². The average Bonchev–Trinajstić information content (AvgIpc) is 3.59. The summed E-state index contributed by atoms with van der Waals surface area (Å²) in [5, 5.41) is 34.4. The van der Waals surface area contributed by atoms with Crippen LogP contribution in [0.4, 0.5) is 0 Å². The second kappa shape index (κ2) is 13.9. The maximum absolute atomic E-state index is 11.4. The minimum absolute atomic E-state index is 0. The van der Waals surface area contributed by atoms with Crippen molar-refractivity contribution < 1.29 is 43.8 Å². The Balaban J connectivity index is 0.00000235. The summed E-state index contributed by atoms with van der Waals surface area (Å²) in [6.07, 6.45) is 12.2. The van der Waals surface area contributed by atoms with E-state index in [0.717, 1.165) is 50.4 Å². The van der Waals surface area contributed by atoms with Crippen LogP contribution in [-0.4, -0.2) is 29.5 Å². The molecule has 2 aromatic heterocycles. The molecule has 233 valence electrons. The van der Waals surface area contributed by atoms with E-state index in [9.17, 15) is 19.8 Å². The normalized spacial score (nSPS) is 28.9. The third kappa shape index (κ3) is 6.53. The zero-order chi connectivity index (χ0) is 30.3. The van der Waals surface area contributed by atoms with Crippen LogP contribution in [0.5, 0.6) is 0 Å². The van der Waals surface area contributed by atoms with Crippen molar-refractivity contribution >= 4 is 42.3 Å². The van der Waals surface area contributed by atoms with E-state index in [2.05, 4.69) is 27.0 Å². The quantitative estimate of drug-likeness (QED) is 0.316. The Morgan fingerprint density at radius 1 is 0.886 bits per heavy atom. The smallest absolute Gasteiger partial charge is 0.870 e. The first kappa shape index (κ1) is 34.8. The minimum atomic E-state index is -1.13. The average molecular weight is 639 g/mol. The Morgan fingerprint density at radius 3 is 2.14 bits per heavy atom. The van der Waals surface area contributed by atoms with Crippen LogP contribution in [-0.2, 0) is 33.1 Å². The van der Waals surface area contributed by atoms with Crippen molar-refractivity contribution in [1.82, 2.24) is 9.97 Å². The van der Waals surface area contributed by atoms with Crippen LogP contribution in [0.3, 0.4) is 0 Å². The van der Waals surface area contributed by atoms with Crippen molar-refractivity contribution in [3.63, 3.8) is 0 Å². The van der Waals surface area contributed by atoms with Crippen LogP contribution >= 0.6 is 0 Å². The van der Waals surface area contributed by atoms with Crippen LogP contribution in [0.15, 0.2) is 30.6 Å². The Morgan fingerprint density at radius 2 is 1.50 bits per heavy atom. The molecule has 6 atom stereocenters. The molecule has 2 saturated heterocycles. The summed E-state index contributed by atoms with van der Waals surface area (Å²) >= 11 is 0. The van der Waals surface area contributed by atoms with Crippen LogP contribution in [0.2, 0.25) is 0 Å². The van der Waals surface area contributed by atoms with Gasteiger partial charge in [0, 0.05) is 11.9 Å². The summed E-state index contributed by atoms with van der Waals surface area (Å²) < 4.78 is 0. The molecule has 0 aliphatic carbocycles. The zero-order valence-corrected chi connectivity index (χ0v) is 26.5. The Bertz CT molecular complexity index is 1640. The third-order valence-electron chi connectivity index (χ3n) is 9.24. The summed E-state index contributed by atoms with van der Waals surface area (Å²) in [6.45, 7) is 16.3. The predicted molar refractivity (Wildman–Crippen MR) is 164 cm³/mol. The number of aromatic nitrogens is 2. The second-order valence-electron chi connectivity index (χ2n) is 11.7. The fraction of sp³-hybridized carbons (Fsp3) is 0.412. The van der Waals surface area contributed by atoms with Gasteiger partial charge in [0.05, 0.1) is 0 Å². The van der Waals surface area contributed by atoms with Crippen LogP contribution in [0.25, 0.3) is 41.0 Å². The molecule has 10 heteroatoms. The molecule has 44 heavy (non-hydrogen) atoms. The van der Waals surface area contributed by atoms with Crippen molar-refractivity contribution in [3.8, 4) is 0 Å². The van der Waals surface area contributed by atoms with E-state index in [1.807, 2.05) is 50.3 Å². The fourth-order valence-corrected chi connectivity index (χ4v) is 6.65. The topological polar surface area (TPSA) is 167 Å². The molecule has 6 unspecified atom stereocenters. The number of rotatable bonds is 8. The molecule has 2 aromatic rings. The van der Waals surface area contributed by atoms with Gasteiger partial charge in [0.25, 0.3) is 0 Å². The number of carbonyl (C=O) groups is 2. The van der Waals surface area contributed by atoms with E-state index in [0.29, 0.717) is 11.8 Å². The number of aliphatic carboxylic acids is 2. The van der Waals surface area contributed by atoms with E-state index in [-0.39, 0.29) is 79.0 Å². The minimum Gasteiger partial charge on any atom is -0.870 e. The summed E-state index contributed by atoms with van der Waals surface area (Å²) in [5.41, 5.74) is 7.01. The number of hydrogen-bond acceptors (Lipinski definition) is 5. The zero-order valence-electron chi connectivity index (χ0n) is 26.4. The standard InChI is InChI=1S/C34H38N4O4.Fe.H2O/c1-7-21-17(3)25-13-26-19(5)23(9-11-33(39)40)31(37-26)16-32-24(10-12-34(41)42)20(6)28(38-32)15-30-22(8-2)18(4)27(36-30)14-29(21)35-25;;/h7-8,13-16,18-19,22-23,30-31H,1-2,9-12H2,3-6H3,(H,39,40)(H,41,42);;1H2/q-4;+5;/p-2/b26-13-,27-14-,28-15-,32-16-;;. The first-order valence-electron chi connectivity index (χ1n) is 14.5. The van der Waals surface area contributed by atoms with Crippen molar-refractivity contribution in [2.24, 2.45) is 23.7 Å². The van der Waals surface area contributed by atoms with Gasteiger partial charge in [-0.2, -0.15) is 11.4 Å². The van der Waals surface area contributed by atoms with E-state index < -0.39 is 11.9 Å². The van der Waals surface area contributed by atoms with Gasteiger partial charge < -0.3 is 45.9 Å². The Kier molecular flexibility index (Phi) is 11.0. The Labute approximate surface area is 270 Å². The van der Waals surface area contributed by atoms with Gasteiger partial charge >= 0.3 is 18.5 Å². The molecular weight excluding hydrogens is 600 g/mol. The van der Waals surface area contributed by atoms with Gasteiger partial charge in [-0.15, -0.1) is 40.8 Å². The molecule has 3 aliphatic heterocycles. The molecule has 5 heterocycles. The molecule has 0 aromatic carbocycles. The molecule has 0 amide bonds. The maximum atomic E-state index is 11.4. The summed E-state index contributed by atoms with van der Waals surface area (Å²) in [7, 11) is 0. The molecule has 3 aliphatic rings. The summed E-state index contributed by atoms with van der Waals surface area (Å²) in [6, 6.07) is -0.548. The molecule has 0 saturated carbocycles. The number of carbonyl (C=O) groups excluding carboxylic acids is 2. The summed E-state index contributed by atoms with van der Waals surface area (Å²) in [5.74, 6) is -2.22. The molecular formula is C34H38FeN4O5-. The number of carboxylic acid groups (broad SMARTS) is 2. The number of allylic oxidation sites excluding steroid dienone is 2. The molecule has 1 radical (unpaired) electrons. The van der Waals surface area contributed by atoms with Gasteiger partial charge in [0.1, 0.15) is 0 Å². The number of carboxylic acids is 2. The van der Waals surface area contributed by atoms with Crippen molar-refractivity contribution in [2.45, 2.75) is 65.5 Å². The molecule has 1 N–H and O–H groups in total. The van der Waals surface area contributed by atoms with Gasteiger partial charge in [0.2, 0.25) is 0 Å². The van der Waals surface area contributed by atoms with Crippen LogP contribution in [0.1, 0.15) is 68.2 Å². The van der Waals surface area contributed by atoms with E-state index >= 15 is 0 Å². The third-order valence-corrected chi connectivity index (χ3v) is 9.24. The van der Waals surface area contributed by atoms with Gasteiger partial charge in [-0.25, -0.2) is 0 Å². The maximum Gasteiger partial charge on any atom is 5.00 e.